The van der Waals surface area contributed by atoms with Crippen molar-refractivity contribution in [1.29, 1.82) is 0 Å². The summed E-state index contributed by atoms with van der Waals surface area (Å²) in [5.41, 5.74) is 7.02. The van der Waals surface area contributed by atoms with Crippen LogP contribution in [0.5, 0.6) is 11.5 Å². The molecule has 2 heterocycles. The molecule has 0 N–H and O–H groups in total. The predicted octanol–water partition coefficient (Wildman–Crippen LogP) is 16.9. The van der Waals surface area contributed by atoms with Crippen LogP contribution >= 0.6 is 0 Å². The topological polar surface area (TPSA) is 123 Å². The predicted molar refractivity (Wildman–Crippen MR) is 352 cm³/mol. The van der Waals surface area contributed by atoms with E-state index in [0.717, 1.165) is 95.5 Å². The Morgan fingerprint density at radius 1 is 0.438 bits per heavy atom. The van der Waals surface area contributed by atoms with Crippen molar-refractivity contribution in [3.8, 4) is 11.5 Å². The summed E-state index contributed by atoms with van der Waals surface area (Å²) in [6.07, 6.45) is 18.3. The number of unbranched alkanes of at least 4 members (excludes halogenated alkanes) is 14. The minimum atomic E-state index is -0.988. The van der Waals surface area contributed by atoms with Crippen LogP contribution in [-0.2, 0) is 84.0 Å². The maximum absolute atomic E-state index is 7.44. The van der Waals surface area contributed by atoms with Crippen molar-refractivity contribution in [3.63, 3.8) is 0 Å². The van der Waals surface area contributed by atoms with Gasteiger partial charge < -0.3 is 47.4 Å². The average molecular weight is 1220 g/mol. The highest BCUT2D eigenvalue weighted by Crippen LogP contribution is 2.35. The first-order valence-corrected chi connectivity index (χ1v) is 33.2. The van der Waals surface area contributed by atoms with Crippen LogP contribution in [-0.4, -0.2) is 85.3 Å². The summed E-state index contributed by atoms with van der Waals surface area (Å²) in [5, 5.41) is 9.82. The molecular weight excluding hydrogens is 1110 g/mol. The minimum Gasteiger partial charge on any atom is -0.497 e. The highest BCUT2D eigenvalue weighted by molar-refractivity contribution is 5.28. The zero-order valence-corrected chi connectivity index (χ0v) is 53.7. The van der Waals surface area contributed by atoms with Crippen molar-refractivity contribution in [2.75, 3.05) is 27.4 Å². The van der Waals surface area contributed by atoms with E-state index in [0.29, 0.717) is 33.0 Å². The van der Waals surface area contributed by atoms with E-state index in [-0.39, 0.29) is 19.8 Å². The third-order valence-electron chi connectivity index (χ3n) is 16.8. The third-order valence-corrected chi connectivity index (χ3v) is 16.8. The van der Waals surface area contributed by atoms with Gasteiger partial charge in [-0.05, 0) is 76.9 Å². The molecular formula is C76H101N3O10. The Balaban J connectivity index is 1.16. The highest BCUT2D eigenvalue weighted by Gasteiger charge is 2.50. The first-order valence-electron chi connectivity index (χ1n) is 33.2. The van der Waals surface area contributed by atoms with Gasteiger partial charge >= 0.3 is 0 Å². The van der Waals surface area contributed by atoms with Gasteiger partial charge in [-0.3, -0.25) is 0 Å². The second kappa shape index (κ2) is 40.5. The van der Waals surface area contributed by atoms with Crippen molar-refractivity contribution in [2.24, 2.45) is 0 Å². The van der Waals surface area contributed by atoms with Crippen molar-refractivity contribution in [3.05, 3.63) is 215 Å². The number of rotatable bonds is 45. The number of ether oxygens (including phenoxy) is 10. The molecule has 0 amide bonds. The van der Waals surface area contributed by atoms with Gasteiger partial charge in [0.1, 0.15) is 48.1 Å². The Hall–Kier alpha value is -6.26. The lowest BCUT2D eigenvalue weighted by Crippen LogP contribution is -2.62. The SMILES string of the molecule is CCCCCCCCCCCCCC[C@@H](OCc1ccc(OC)cc1)[C@@H](OCc1ccc(OC)cc1)[C@H](CO[C@H]1OC(COCc2ccccc2)[C@H](OCc2ccccc2)[C@@H](OCc2ccccc2)[C@@H]1OCc1ccccc1)n1cc(CCCCCC)nn1. The van der Waals surface area contributed by atoms with Crippen LogP contribution in [0, 0.1) is 0 Å². The Morgan fingerprint density at radius 3 is 1.38 bits per heavy atom. The first-order chi connectivity index (χ1) is 44.0. The van der Waals surface area contributed by atoms with Crippen molar-refractivity contribution < 1.29 is 47.4 Å². The normalized spacial score (nSPS) is 17.7. The summed E-state index contributed by atoms with van der Waals surface area (Å²) >= 11 is 0. The molecule has 0 aliphatic carbocycles. The highest BCUT2D eigenvalue weighted by atomic mass is 16.7. The molecule has 0 spiro atoms. The fraction of sp³-hybridized carbons (Fsp3) is 0.500. The van der Waals surface area contributed by atoms with E-state index in [1.807, 2.05) is 102 Å². The van der Waals surface area contributed by atoms with E-state index in [1.165, 1.54) is 70.6 Å². The fourth-order valence-electron chi connectivity index (χ4n) is 11.6. The minimum absolute atomic E-state index is 0.0845. The Morgan fingerprint density at radius 2 is 0.876 bits per heavy atom. The molecule has 8 atom stereocenters. The van der Waals surface area contributed by atoms with Gasteiger partial charge in [0.2, 0.25) is 0 Å². The molecule has 1 saturated heterocycles. The summed E-state index contributed by atoms with van der Waals surface area (Å²) in [5.74, 6) is 1.57. The molecule has 1 aromatic heterocycles. The zero-order valence-electron chi connectivity index (χ0n) is 53.7. The Bertz CT molecular complexity index is 2880. The second-order valence-electron chi connectivity index (χ2n) is 23.7. The lowest BCUT2D eigenvalue weighted by atomic mass is 9.97. The fourth-order valence-corrected chi connectivity index (χ4v) is 11.6. The van der Waals surface area contributed by atoms with Gasteiger partial charge in [-0.2, -0.15) is 0 Å². The summed E-state index contributed by atoms with van der Waals surface area (Å²) in [4.78, 5) is 0. The van der Waals surface area contributed by atoms with Crippen LogP contribution in [0.4, 0.5) is 0 Å². The van der Waals surface area contributed by atoms with E-state index < -0.39 is 49.0 Å². The smallest absolute Gasteiger partial charge is 0.187 e. The first kappa shape index (κ1) is 68.6. The van der Waals surface area contributed by atoms with E-state index in [1.54, 1.807) is 14.2 Å². The molecule has 1 aliphatic rings. The lowest BCUT2D eigenvalue weighted by Gasteiger charge is -2.46. The van der Waals surface area contributed by atoms with Crippen LogP contribution in [0.1, 0.15) is 168 Å². The molecule has 1 unspecified atom stereocenters. The lowest BCUT2D eigenvalue weighted by molar-refractivity contribution is -0.331. The van der Waals surface area contributed by atoms with Crippen LogP contribution < -0.4 is 9.47 Å². The van der Waals surface area contributed by atoms with Gasteiger partial charge in [0.05, 0.1) is 78.9 Å². The summed E-state index contributed by atoms with van der Waals surface area (Å²) in [6, 6.07) is 56.4. The quantitative estimate of drug-likeness (QED) is 0.0338. The molecule has 7 aromatic rings. The summed E-state index contributed by atoms with van der Waals surface area (Å²) in [7, 11) is 3.38. The van der Waals surface area contributed by atoms with Gasteiger partial charge in [-0.15, -0.1) is 5.10 Å². The van der Waals surface area contributed by atoms with Crippen LogP contribution in [0.25, 0.3) is 0 Å². The molecule has 0 radical (unpaired) electrons. The number of aromatic nitrogens is 3. The average Bonchev–Trinajstić information content (AvgIpc) is 1.46. The van der Waals surface area contributed by atoms with Crippen molar-refractivity contribution in [2.45, 2.75) is 218 Å². The third kappa shape index (κ3) is 24.1. The van der Waals surface area contributed by atoms with Crippen molar-refractivity contribution >= 4 is 0 Å². The number of methoxy groups -OCH3 is 2. The molecule has 6 aromatic carbocycles. The van der Waals surface area contributed by atoms with Gasteiger partial charge in [0.15, 0.2) is 6.29 Å². The number of aryl methyl sites for hydroxylation is 1. The maximum atomic E-state index is 7.44. The Kier molecular flexibility index (Phi) is 31.2. The second-order valence-corrected chi connectivity index (χ2v) is 23.7. The molecule has 8 rings (SSSR count). The van der Waals surface area contributed by atoms with Crippen LogP contribution in [0.15, 0.2) is 176 Å². The van der Waals surface area contributed by atoms with Crippen LogP contribution in [0.3, 0.4) is 0 Å². The van der Waals surface area contributed by atoms with Gasteiger partial charge in [0.25, 0.3) is 0 Å². The van der Waals surface area contributed by atoms with E-state index in [9.17, 15) is 0 Å². The molecule has 480 valence electrons. The Labute approximate surface area is 532 Å². The van der Waals surface area contributed by atoms with Crippen molar-refractivity contribution in [1.82, 2.24) is 15.0 Å². The summed E-state index contributed by atoms with van der Waals surface area (Å²) in [6.45, 7) is 6.69. The molecule has 13 nitrogen and oxygen atoms in total. The molecule has 89 heavy (non-hydrogen) atoms. The maximum Gasteiger partial charge on any atom is 0.187 e. The largest absolute Gasteiger partial charge is 0.497 e. The molecule has 1 aliphatic heterocycles. The number of hydrogen-bond acceptors (Lipinski definition) is 12. The molecule has 0 saturated carbocycles. The van der Waals surface area contributed by atoms with Crippen LogP contribution in [0.2, 0.25) is 0 Å². The molecule has 13 heteroatoms. The molecule has 1 fully saturated rings. The number of benzene rings is 6. The van der Waals surface area contributed by atoms with Gasteiger partial charge in [0, 0.05) is 6.20 Å². The van der Waals surface area contributed by atoms with E-state index in [2.05, 4.69) is 92.8 Å². The van der Waals surface area contributed by atoms with E-state index in [4.69, 9.17) is 57.7 Å². The van der Waals surface area contributed by atoms with E-state index >= 15 is 0 Å². The molecule has 0 bridgehead atoms. The van der Waals surface area contributed by atoms with Gasteiger partial charge in [-0.25, -0.2) is 4.68 Å². The summed E-state index contributed by atoms with van der Waals surface area (Å²) < 4.78 is 70.5. The van der Waals surface area contributed by atoms with Gasteiger partial charge in [-0.1, -0.05) is 261 Å². The monoisotopic (exact) mass is 1220 g/mol. The number of hydrogen-bond donors (Lipinski definition) is 0. The standard InChI is InChI=1S/C76H101N3O10/c1-5-7-9-11-12-13-14-15-16-17-18-32-42-70(83-53-64-43-47-67(80-3)48-44-64)72(84-57-65-45-49-68(81-4)50-46-65)69(79-51-66(77-78-79)41-31-10-8-6-2)58-88-76-75(87-56-63-39-29-22-30-40-63)74(86-55-62-37-27-21-28-38-62)73(85-54-61-35-25-20-26-36-61)71(89-76)59-82-52-60-33-23-19-24-34-60/h19-30,33-40,43-51,69-76H,5-18,31-32,41-42,52-59H2,1-4H3/t69-,70+,71?,72-,73-,74+,75-,76-/m0/s1. The zero-order chi connectivity index (χ0) is 61.8. The number of nitrogens with zero attached hydrogens (tertiary/aromatic N) is 3.